The summed E-state index contributed by atoms with van der Waals surface area (Å²) in [5, 5.41) is 9.46. The topological polar surface area (TPSA) is 95.7 Å². The maximum absolute atomic E-state index is 10.7. The van der Waals surface area contributed by atoms with Gasteiger partial charge in [0.05, 0.1) is 6.54 Å². The summed E-state index contributed by atoms with van der Waals surface area (Å²) in [6.45, 7) is 0.0547. The highest BCUT2D eigenvalue weighted by Crippen LogP contribution is 2.02. The second-order valence-corrected chi connectivity index (χ2v) is 2.83. The summed E-state index contributed by atoms with van der Waals surface area (Å²) in [7, 11) is 0. The monoisotopic (exact) mass is 209 g/mol. The molecule has 0 heterocycles. The molecular weight excluding hydrogens is 198 g/mol. The second-order valence-electron chi connectivity index (χ2n) is 2.83. The summed E-state index contributed by atoms with van der Waals surface area (Å²) in [5.41, 5.74) is 7.59. The first kappa shape index (κ1) is 10.8. The molecule has 0 aliphatic rings. The van der Waals surface area contributed by atoms with Gasteiger partial charge in [-0.1, -0.05) is 30.3 Å². The van der Waals surface area contributed by atoms with Crippen LogP contribution >= 0.6 is 0 Å². The molecule has 1 aromatic rings. The number of rotatable bonds is 2. The largest absolute Gasteiger partial charge is 0.464 e. The summed E-state index contributed by atoms with van der Waals surface area (Å²) >= 11 is 0. The van der Waals surface area contributed by atoms with Crippen LogP contribution in [0.1, 0.15) is 5.56 Å². The number of carboxylic acid groups (broad SMARTS) is 1. The average molecular weight is 209 g/mol. The van der Waals surface area contributed by atoms with Gasteiger partial charge in [-0.2, -0.15) is 0 Å². The van der Waals surface area contributed by atoms with Crippen molar-refractivity contribution in [3.05, 3.63) is 35.9 Å². The van der Waals surface area contributed by atoms with Crippen LogP contribution in [0.5, 0.6) is 0 Å². The minimum Gasteiger partial charge on any atom is -0.464 e. The van der Waals surface area contributed by atoms with Gasteiger partial charge >= 0.3 is 12.1 Å². The molecule has 0 spiro atoms. The Hall–Kier alpha value is -2.24. The fraction of sp³-hybridized carbons (Fsp3) is 0.111. The van der Waals surface area contributed by atoms with E-state index in [-0.39, 0.29) is 6.54 Å². The molecule has 0 aromatic heterocycles. The van der Waals surface area contributed by atoms with Gasteiger partial charge in [0.25, 0.3) is 0 Å². The van der Waals surface area contributed by atoms with Crippen LogP contribution in [-0.4, -0.2) is 22.2 Å². The standard InChI is InChI=1S/C9H11N3O3/c10-8(13)11-12(9(14)15)6-7-4-2-1-3-5-7/h1-5H,6H2,(H,14,15)(H3,10,11,13). The number of hydrazine groups is 1. The second kappa shape index (κ2) is 4.85. The van der Waals surface area contributed by atoms with Gasteiger partial charge in [-0.15, -0.1) is 0 Å². The zero-order valence-electron chi connectivity index (χ0n) is 7.88. The first-order valence-corrected chi connectivity index (χ1v) is 4.20. The number of benzene rings is 1. The van der Waals surface area contributed by atoms with E-state index >= 15 is 0 Å². The van der Waals surface area contributed by atoms with E-state index < -0.39 is 12.1 Å². The number of carbonyl (C=O) groups is 2. The van der Waals surface area contributed by atoms with Crippen molar-refractivity contribution < 1.29 is 14.7 Å². The average Bonchev–Trinajstić information content (AvgIpc) is 2.17. The zero-order chi connectivity index (χ0) is 11.3. The van der Waals surface area contributed by atoms with Crippen LogP contribution in [0.2, 0.25) is 0 Å². The fourth-order valence-corrected chi connectivity index (χ4v) is 1.05. The molecule has 4 N–H and O–H groups in total. The first-order valence-electron chi connectivity index (χ1n) is 4.20. The molecule has 0 bridgehead atoms. The number of amides is 3. The third kappa shape index (κ3) is 3.55. The Labute approximate surface area is 86.3 Å². The highest BCUT2D eigenvalue weighted by atomic mass is 16.4. The van der Waals surface area contributed by atoms with Gasteiger partial charge in [-0.3, -0.25) is 0 Å². The van der Waals surface area contributed by atoms with Crippen molar-refractivity contribution in [1.29, 1.82) is 0 Å². The smallest absolute Gasteiger partial charge is 0.426 e. The molecule has 0 aliphatic carbocycles. The Morgan fingerprint density at radius 2 is 1.93 bits per heavy atom. The van der Waals surface area contributed by atoms with Crippen LogP contribution in [0.3, 0.4) is 0 Å². The molecule has 6 heteroatoms. The predicted octanol–water partition coefficient (Wildman–Crippen LogP) is 0.750. The molecule has 0 fully saturated rings. The number of nitrogens with zero attached hydrogens (tertiary/aromatic N) is 1. The number of urea groups is 1. The highest BCUT2D eigenvalue weighted by molar-refractivity contribution is 5.75. The van der Waals surface area contributed by atoms with Gasteiger partial charge in [0.1, 0.15) is 0 Å². The van der Waals surface area contributed by atoms with Gasteiger partial charge in [0.15, 0.2) is 0 Å². The first-order chi connectivity index (χ1) is 7.09. The predicted molar refractivity (Wildman–Crippen MR) is 52.7 cm³/mol. The summed E-state index contributed by atoms with van der Waals surface area (Å²) in [4.78, 5) is 21.2. The normalized spacial score (nSPS) is 9.33. The lowest BCUT2D eigenvalue weighted by Crippen LogP contribution is -2.47. The molecule has 0 saturated carbocycles. The molecule has 15 heavy (non-hydrogen) atoms. The molecule has 1 aromatic carbocycles. The summed E-state index contributed by atoms with van der Waals surface area (Å²) in [5.74, 6) is 0. The van der Waals surface area contributed by atoms with Crippen LogP contribution in [0.25, 0.3) is 0 Å². The maximum Gasteiger partial charge on any atom is 0.426 e. The molecule has 0 radical (unpaired) electrons. The molecule has 0 saturated heterocycles. The molecule has 80 valence electrons. The Morgan fingerprint density at radius 3 is 2.40 bits per heavy atom. The van der Waals surface area contributed by atoms with Crippen LogP contribution in [0.4, 0.5) is 9.59 Å². The van der Waals surface area contributed by atoms with E-state index in [2.05, 4.69) is 0 Å². The number of nitrogens with one attached hydrogen (secondary N) is 1. The number of hydrogen-bond donors (Lipinski definition) is 3. The molecule has 0 unspecified atom stereocenters. The highest BCUT2D eigenvalue weighted by Gasteiger charge is 2.13. The summed E-state index contributed by atoms with van der Waals surface area (Å²) in [6.07, 6.45) is -1.27. The van der Waals surface area contributed by atoms with E-state index in [0.717, 1.165) is 10.6 Å². The van der Waals surface area contributed by atoms with E-state index in [1.54, 1.807) is 24.3 Å². The fourth-order valence-electron chi connectivity index (χ4n) is 1.05. The SMILES string of the molecule is NC(=O)NN(Cc1ccccc1)C(=O)O. The van der Waals surface area contributed by atoms with Crippen molar-refractivity contribution in [3.8, 4) is 0 Å². The van der Waals surface area contributed by atoms with Gasteiger partial charge in [-0.25, -0.2) is 20.0 Å². The van der Waals surface area contributed by atoms with Crippen molar-refractivity contribution >= 4 is 12.1 Å². The number of hydrogen-bond acceptors (Lipinski definition) is 2. The van der Waals surface area contributed by atoms with E-state index in [9.17, 15) is 9.59 Å². The molecular formula is C9H11N3O3. The lowest BCUT2D eigenvalue weighted by molar-refractivity contribution is 0.121. The summed E-state index contributed by atoms with van der Waals surface area (Å²) < 4.78 is 0. The van der Waals surface area contributed by atoms with Crippen molar-refractivity contribution in [2.24, 2.45) is 5.73 Å². The van der Waals surface area contributed by atoms with Gasteiger partial charge < -0.3 is 10.8 Å². The Bertz CT molecular complexity index is 353. The van der Waals surface area contributed by atoms with Gasteiger partial charge in [-0.05, 0) is 5.56 Å². The number of primary amides is 1. The van der Waals surface area contributed by atoms with Crippen molar-refractivity contribution in [2.45, 2.75) is 6.54 Å². The lowest BCUT2D eigenvalue weighted by Gasteiger charge is -2.18. The van der Waals surface area contributed by atoms with Crippen LogP contribution < -0.4 is 11.2 Å². The molecule has 6 nitrogen and oxygen atoms in total. The molecule has 0 atom stereocenters. The quantitative estimate of drug-likeness (QED) is 0.627. The number of carbonyl (C=O) groups excluding carboxylic acids is 1. The minimum absolute atomic E-state index is 0.0547. The third-order valence-corrected chi connectivity index (χ3v) is 1.66. The van der Waals surface area contributed by atoms with E-state index in [1.807, 2.05) is 11.5 Å². The van der Waals surface area contributed by atoms with Gasteiger partial charge in [0.2, 0.25) is 0 Å². The Kier molecular flexibility index (Phi) is 3.50. The van der Waals surface area contributed by atoms with Crippen molar-refractivity contribution in [1.82, 2.24) is 10.4 Å². The Morgan fingerprint density at radius 1 is 1.33 bits per heavy atom. The maximum atomic E-state index is 10.7. The third-order valence-electron chi connectivity index (χ3n) is 1.66. The van der Waals surface area contributed by atoms with Crippen molar-refractivity contribution in [2.75, 3.05) is 0 Å². The Balaban J connectivity index is 2.67. The van der Waals surface area contributed by atoms with E-state index in [4.69, 9.17) is 10.8 Å². The minimum atomic E-state index is -1.27. The number of nitrogens with two attached hydrogens (primary N) is 1. The van der Waals surface area contributed by atoms with Crippen LogP contribution in [0.15, 0.2) is 30.3 Å². The molecule has 0 aliphatic heterocycles. The van der Waals surface area contributed by atoms with E-state index in [0.29, 0.717) is 0 Å². The van der Waals surface area contributed by atoms with Gasteiger partial charge in [0, 0.05) is 0 Å². The molecule has 3 amide bonds. The molecule has 1 rings (SSSR count). The zero-order valence-corrected chi connectivity index (χ0v) is 7.88. The van der Waals surface area contributed by atoms with Crippen LogP contribution in [0, 0.1) is 0 Å². The van der Waals surface area contributed by atoms with Crippen LogP contribution in [-0.2, 0) is 6.54 Å². The van der Waals surface area contributed by atoms with E-state index in [1.165, 1.54) is 0 Å². The summed E-state index contributed by atoms with van der Waals surface area (Å²) in [6, 6.07) is 7.96. The van der Waals surface area contributed by atoms with Crippen molar-refractivity contribution in [3.63, 3.8) is 0 Å². The lowest BCUT2D eigenvalue weighted by atomic mass is 10.2.